The lowest BCUT2D eigenvalue weighted by Crippen LogP contribution is -2.68. The second kappa shape index (κ2) is 2.70. The van der Waals surface area contributed by atoms with Gasteiger partial charge in [-0.15, -0.1) is 0 Å². The van der Waals surface area contributed by atoms with Crippen LogP contribution in [0, 0.1) is 5.92 Å². The lowest BCUT2D eigenvalue weighted by atomic mass is 9.89. The zero-order chi connectivity index (χ0) is 9.47. The van der Waals surface area contributed by atoms with Crippen LogP contribution in [0.5, 0.6) is 0 Å². The summed E-state index contributed by atoms with van der Waals surface area (Å²) in [5, 5.41) is 2.48. The number of ketones is 1. The summed E-state index contributed by atoms with van der Waals surface area (Å²) in [5.74, 6) is 0.202. The fraction of sp³-hybridized carbons (Fsp3) is 0.750. The summed E-state index contributed by atoms with van der Waals surface area (Å²) < 4.78 is 4.95. The minimum Gasteiger partial charge on any atom is -0.375 e. The van der Waals surface area contributed by atoms with Crippen molar-refractivity contribution in [1.82, 2.24) is 5.32 Å². The summed E-state index contributed by atoms with van der Waals surface area (Å²) in [5.41, 5.74) is 4.19. The molecule has 13 heavy (non-hydrogen) atoms. The third kappa shape index (κ3) is 1.39. The molecule has 72 valence electrons. The van der Waals surface area contributed by atoms with Gasteiger partial charge in [0.15, 0.2) is 5.78 Å². The Morgan fingerprint density at radius 2 is 2.00 bits per heavy atom. The second-order valence-electron chi connectivity index (χ2n) is 3.70. The standard InChI is InChI=1S/C8H12N2O3/c9-7(12)10-8(3-13-4-8)6(11)5-1-2-5/h5H,1-4H2,(H3,9,10,12). The van der Waals surface area contributed by atoms with E-state index in [1.54, 1.807) is 0 Å². The Morgan fingerprint density at radius 1 is 1.38 bits per heavy atom. The number of urea groups is 1. The first kappa shape index (κ1) is 8.50. The predicted molar refractivity (Wildman–Crippen MR) is 44.0 cm³/mol. The molecule has 2 fully saturated rings. The average Bonchev–Trinajstić information content (AvgIpc) is 2.77. The van der Waals surface area contributed by atoms with E-state index >= 15 is 0 Å². The molecule has 0 unspecified atom stereocenters. The topological polar surface area (TPSA) is 81.4 Å². The molecule has 0 aromatic rings. The van der Waals surface area contributed by atoms with Crippen LogP contribution in [0.15, 0.2) is 0 Å². The van der Waals surface area contributed by atoms with E-state index in [1.165, 1.54) is 0 Å². The first-order chi connectivity index (χ1) is 6.14. The summed E-state index contributed by atoms with van der Waals surface area (Å²) in [7, 11) is 0. The quantitative estimate of drug-likeness (QED) is 0.614. The molecular weight excluding hydrogens is 172 g/mol. The van der Waals surface area contributed by atoms with Gasteiger partial charge in [-0.05, 0) is 12.8 Å². The van der Waals surface area contributed by atoms with E-state index in [0.717, 1.165) is 12.8 Å². The molecule has 2 amide bonds. The van der Waals surface area contributed by atoms with Crippen molar-refractivity contribution >= 4 is 11.8 Å². The third-order valence-electron chi connectivity index (χ3n) is 2.48. The van der Waals surface area contributed by atoms with Gasteiger partial charge in [0, 0.05) is 5.92 Å². The van der Waals surface area contributed by atoms with Crippen LogP contribution in [0.1, 0.15) is 12.8 Å². The van der Waals surface area contributed by atoms with Crippen LogP contribution in [-0.4, -0.2) is 30.6 Å². The lowest BCUT2D eigenvalue weighted by molar-refractivity contribution is -0.145. The van der Waals surface area contributed by atoms with E-state index in [-0.39, 0.29) is 24.9 Å². The van der Waals surface area contributed by atoms with Crippen molar-refractivity contribution in [3.8, 4) is 0 Å². The smallest absolute Gasteiger partial charge is 0.313 e. The lowest BCUT2D eigenvalue weighted by Gasteiger charge is -2.40. The number of hydrogen-bond acceptors (Lipinski definition) is 3. The van der Waals surface area contributed by atoms with Crippen molar-refractivity contribution < 1.29 is 14.3 Å². The van der Waals surface area contributed by atoms with Gasteiger partial charge in [-0.2, -0.15) is 0 Å². The fourth-order valence-corrected chi connectivity index (χ4v) is 1.55. The average molecular weight is 184 g/mol. The van der Waals surface area contributed by atoms with E-state index in [4.69, 9.17) is 10.5 Å². The summed E-state index contributed by atoms with van der Waals surface area (Å²) in [4.78, 5) is 22.4. The molecule has 3 N–H and O–H groups in total. The van der Waals surface area contributed by atoms with Crippen LogP contribution < -0.4 is 11.1 Å². The van der Waals surface area contributed by atoms with Crippen LogP contribution in [0.25, 0.3) is 0 Å². The normalized spacial score (nSPS) is 24.6. The van der Waals surface area contributed by atoms with Crippen LogP contribution >= 0.6 is 0 Å². The van der Waals surface area contributed by atoms with Gasteiger partial charge in [-0.25, -0.2) is 4.79 Å². The molecule has 0 bridgehead atoms. The number of nitrogens with two attached hydrogens (primary N) is 1. The maximum Gasteiger partial charge on any atom is 0.313 e. The minimum atomic E-state index is -0.799. The number of ether oxygens (including phenoxy) is 1. The minimum absolute atomic E-state index is 0.0811. The fourth-order valence-electron chi connectivity index (χ4n) is 1.55. The highest BCUT2D eigenvalue weighted by Crippen LogP contribution is 2.36. The van der Waals surface area contributed by atoms with Gasteiger partial charge in [0.25, 0.3) is 0 Å². The van der Waals surface area contributed by atoms with E-state index in [9.17, 15) is 9.59 Å². The predicted octanol–water partition coefficient (Wildman–Crippen LogP) is -0.597. The van der Waals surface area contributed by atoms with Crippen molar-refractivity contribution in [2.45, 2.75) is 18.4 Å². The van der Waals surface area contributed by atoms with Gasteiger partial charge >= 0.3 is 6.03 Å². The van der Waals surface area contributed by atoms with Crippen LogP contribution in [0.2, 0.25) is 0 Å². The zero-order valence-electron chi connectivity index (χ0n) is 7.21. The maximum absolute atomic E-state index is 11.7. The number of carbonyl (C=O) groups is 2. The van der Waals surface area contributed by atoms with Gasteiger partial charge in [0.1, 0.15) is 5.54 Å². The molecule has 0 aromatic heterocycles. The van der Waals surface area contributed by atoms with Gasteiger partial charge in [0.2, 0.25) is 0 Å². The number of hydrogen-bond donors (Lipinski definition) is 2. The highest BCUT2D eigenvalue weighted by Gasteiger charge is 2.51. The van der Waals surface area contributed by atoms with Gasteiger partial charge in [-0.1, -0.05) is 0 Å². The van der Waals surface area contributed by atoms with Crippen molar-refractivity contribution in [1.29, 1.82) is 0 Å². The van der Waals surface area contributed by atoms with Gasteiger partial charge in [-0.3, -0.25) is 4.79 Å². The number of carbonyl (C=O) groups excluding carboxylic acids is 2. The monoisotopic (exact) mass is 184 g/mol. The number of Topliss-reactive ketones (excluding diaryl/α,β-unsaturated/α-hetero) is 1. The molecule has 0 atom stereocenters. The van der Waals surface area contributed by atoms with Crippen LogP contribution in [0.3, 0.4) is 0 Å². The Labute approximate surface area is 75.6 Å². The van der Waals surface area contributed by atoms with Crippen LogP contribution in [0.4, 0.5) is 4.79 Å². The highest BCUT2D eigenvalue weighted by atomic mass is 16.5. The molecule has 0 spiro atoms. The Bertz CT molecular complexity index is 256. The van der Waals surface area contributed by atoms with E-state index in [1.807, 2.05) is 0 Å². The van der Waals surface area contributed by atoms with Gasteiger partial charge in [0.05, 0.1) is 13.2 Å². The molecule has 1 saturated heterocycles. The molecule has 5 heteroatoms. The van der Waals surface area contributed by atoms with Crippen molar-refractivity contribution in [2.75, 3.05) is 13.2 Å². The Balaban J connectivity index is 2.04. The summed E-state index contributed by atoms with van der Waals surface area (Å²) in [6, 6.07) is -0.655. The molecule has 0 aromatic carbocycles. The number of nitrogens with one attached hydrogen (secondary N) is 1. The van der Waals surface area contributed by atoms with Gasteiger partial charge < -0.3 is 15.8 Å². The summed E-state index contributed by atoms with van der Waals surface area (Å²) in [6.07, 6.45) is 1.86. The van der Waals surface area contributed by atoms with E-state index < -0.39 is 11.6 Å². The Hall–Kier alpha value is -1.10. The molecule has 5 nitrogen and oxygen atoms in total. The zero-order valence-corrected chi connectivity index (χ0v) is 7.21. The molecule has 2 rings (SSSR count). The molecule has 1 heterocycles. The van der Waals surface area contributed by atoms with Crippen molar-refractivity contribution in [3.63, 3.8) is 0 Å². The largest absolute Gasteiger partial charge is 0.375 e. The third-order valence-corrected chi connectivity index (χ3v) is 2.48. The molecule has 1 aliphatic carbocycles. The molecular formula is C8H12N2O3. The van der Waals surface area contributed by atoms with Crippen LogP contribution in [-0.2, 0) is 9.53 Å². The number of primary amides is 1. The molecule has 2 aliphatic rings. The van der Waals surface area contributed by atoms with E-state index in [0.29, 0.717) is 0 Å². The second-order valence-corrected chi connectivity index (χ2v) is 3.70. The van der Waals surface area contributed by atoms with E-state index in [2.05, 4.69) is 5.32 Å². The molecule has 1 saturated carbocycles. The summed E-state index contributed by atoms with van der Waals surface area (Å²) in [6.45, 7) is 0.538. The maximum atomic E-state index is 11.7. The SMILES string of the molecule is NC(=O)NC1(C(=O)C2CC2)COC1. The Morgan fingerprint density at radius 3 is 2.31 bits per heavy atom. The first-order valence-electron chi connectivity index (χ1n) is 4.34. The van der Waals surface area contributed by atoms with Crippen molar-refractivity contribution in [3.05, 3.63) is 0 Å². The van der Waals surface area contributed by atoms with Crippen molar-refractivity contribution in [2.24, 2.45) is 11.7 Å². The number of amides is 2. The first-order valence-corrected chi connectivity index (χ1v) is 4.34. The summed E-state index contributed by atoms with van der Waals surface area (Å²) >= 11 is 0. The molecule has 1 aliphatic heterocycles. The Kier molecular flexibility index (Phi) is 1.76. The number of rotatable bonds is 3. The highest BCUT2D eigenvalue weighted by molar-refractivity contribution is 5.96. The molecule has 0 radical (unpaired) electrons.